The molecule has 7 nitrogen and oxygen atoms in total. The van der Waals surface area contributed by atoms with E-state index in [0.717, 1.165) is 11.1 Å². The maximum Gasteiger partial charge on any atom is 0.279 e. The van der Waals surface area contributed by atoms with Gasteiger partial charge in [0.25, 0.3) is 5.91 Å². The van der Waals surface area contributed by atoms with Gasteiger partial charge in [0.1, 0.15) is 12.3 Å². The van der Waals surface area contributed by atoms with Crippen LogP contribution in [0.5, 0.6) is 5.75 Å². The smallest absolute Gasteiger partial charge is 0.279 e. The Morgan fingerprint density at radius 3 is 2.53 bits per heavy atom. The number of methoxy groups -OCH3 is 1. The fourth-order valence-corrected chi connectivity index (χ4v) is 3.42. The number of amides is 2. The van der Waals surface area contributed by atoms with Crippen molar-refractivity contribution in [2.45, 2.75) is 6.92 Å². The number of carbonyl (C=O) groups is 2. The van der Waals surface area contributed by atoms with Gasteiger partial charge >= 0.3 is 0 Å². The van der Waals surface area contributed by atoms with E-state index in [0.29, 0.717) is 22.7 Å². The van der Waals surface area contributed by atoms with Crippen LogP contribution in [-0.2, 0) is 9.59 Å². The number of fused-ring (bicyclic) bond motifs is 1. The molecule has 32 heavy (non-hydrogen) atoms. The summed E-state index contributed by atoms with van der Waals surface area (Å²) in [7, 11) is 1.58. The van der Waals surface area contributed by atoms with Crippen LogP contribution >= 0.6 is 0 Å². The number of para-hydroxylation sites is 2. The van der Waals surface area contributed by atoms with Crippen molar-refractivity contribution < 1.29 is 14.3 Å². The van der Waals surface area contributed by atoms with Gasteiger partial charge in [-0.2, -0.15) is 5.10 Å². The lowest BCUT2D eigenvalue weighted by molar-refractivity contribution is -0.118. The van der Waals surface area contributed by atoms with Crippen LogP contribution < -0.4 is 15.0 Å². The summed E-state index contributed by atoms with van der Waals surface area (Å²) >= 11 is 0. The molecule has 3 aromatic rings. The van der Waals surface area contributed by atoms with Gasteiger partial charge in [0.05, 0.1) is 19.0 Å². The Balaban J connectivity index is 1.55. The Labute approximate surface area is 186 Å². The molecule has 3 aromatic carbocycles. The zero-order chi connectivity index (χ0) is 22.5. The summed E-state index contributed by atoms with van der Waals surface area (Å²) in [6.07, 6.45) is 1.54. The van der Waals surface area contributed by atoms with Crippen LogP contribution in [0.25, 0.3) is 0 Å². The number of nitrogens with one attached hydrogen (secondary N) is 1. The number of hydrogen-bond donors (Lipinski definition) is 1. The average molecular weight is 426 g/mol. The van der Waals surface area contributed by atoms with E-state index in [4.69, 9.17) is 4.74 Å². The van der Waals surface area contributed by atoms with Crippen molar-refractivity contribution in [1.82, 2.24) is 0 Å². The van der Waals surface area contributed by atoms with Gasteiger partial charge in [-0.3, -0.25) is 14.5 Å². The minimum atomic E-state index is -0.373. The number of rotatable bonds is 6. The highest BCUT2D eigenvalue weighted by atomic mass is 16.5. The summed E-state index contributed by atoms with van der Waals surface area (Å²) in [5, 5.41) is 11.1. The van der Waals surface area contributed by atoms with Crippen molar-refractivity contribution in [2.24, 2.45) is 10.2 Å². The molecule has 1 aliphatic rings. The van der Waals surface area contributed by atoms with E-state index in [1.165, 1.54) is 11.1 Å². The lowest BCUT2D eigenvalue weighted by Crippen LogP contribution is -2.37. The average Bonchev–Trinajstić information content (AvgIpc) is 3.07. The fraction of sp³-hybridized carbons (Fsp3) is 0.120. The minimum Gasteiger partial charge on any atom is -0.496 e. The molecule has 0 saturated carbocycles. The molecule has 0 aromatic heterocycles. The molecule has 0 spiro atoms. The molecule has 0 radical (unpaired) electrons. The van der Waals surface area contributed by atoms with Gasteiger partial charge in [-0.15, -0.1) is 5.10 Å². The molecule has 2 amide bonds. The molecule has 160 valence electrons. The van der Waals surface area contributed by atoms with Crippen LogP contribution in [0, 0.1) is 6.92 Å². The number of hydrogen-bond acceptors (Lipinski definition) is 5. The normalized spacial score (nSPS) is 14.1. The molecule has 0 saturated heterocycles. The standard InChI is InChI=1S/C25H22N4O3/c1-17-11-13-19(14-12-17)27-23(30)16-29-21-9-5-4-8-20(21)24(25(29)31)28-26-15-18-7-3-6-10-22(18)32-2/h3-15H,16H2,1-2H3,(H,27,30)/b26-15-,28-24+. The number of benzene rings is 3. The Morgan fingerprint density at radius 2 is 1.75 bits per heavy atom. The molecule has 1 aliphatic heterocycles. The highest BCUT2D eigenvalue weighted by molar-refractivity contribution is 6.54. The van der Waals surface area contributed by atoms with Crippen molar-refractivity contribution in [2.75, 3.05) is 23.9 Å². The molecule has 0 atom stereocenters. The Morgan fingerprint density at radius 1 is 1.03 bits per heavy atom. The molecular weight excluding hydrogens is 404 g/mol. The molecule has 0 aliphatic carbocycles. The Bertz CT molecular complexity index is 1220. The number of carbonyl (C=O) groups excluding carboxylic acids is 2. The maximum atomic E-state index is 13.1. The minimum absolute atomic E-state index is 0.126. The Kier molecular flexibility index (Phi) is 6.07. The quantitative estimate of drug-likeness (QED) is 0.481. The molecule has 1 N–H and O–H groups in total. The summed E-state index contributed by atoms with van der Waals surface area (Å²) in [4.78, 5) is 27.1. The van der Waals surface area contributed by atoms with Crippen molar-refractivity contribution in [1.29, 1.82) is 0 Å². The van der Waals surface area contributed by atoms with Crippen LogP contribution in [0.2, 0.25) is 0 Å². The first-order valence-electron chi connectivity index (χ1n) is 10.1. The predicted octanol–water partition coefficient (Wildman–Crippen LogP) is 3.81. The van der Waals surface area contributed by atoms with Crippen molar-refractivity contribution in [3.63, 3.8) is 0 Å². The van der Waals surface area contributed by atoms with Crippen LogP contribution in [0.4, 0.5) is 11.4 Å². The molecule has 0 bridgehead atoms. The fourth-order valence-electron chi connectivity index (χ4n) is 3.42. The lowest BCUT2D eigenvalue weighted by atomic mass is 10.1. The molecule has 4 rings (SSSR count). The molecule has 7 heteroatoms. The summed E-state index contributed by atoms with van der Waals surface area (Å²) < 4.78 is 5.30. The largest absolute Gasteiger partial charge is 0.496 e. The summed E-state index contributed by atoms with van der Waals surface area (Å²) in [5.41, 5.74) is 3.97. The summed E-state index contributed by atoms with van der Waals surface area (Å²) in [6, 6.07) is 22.1. The molecular formula is C25H22N4O3. The van der Waals surface area contributed by atoms with Gasteiger partial charge in [0, 0.05) is 16.8 Å². The van der Waals surface area contributed by atoms with Crippen molar-refractivity contribution >= 4 is 35.1 Å². The highest BCUT2D eigenvalue weighted by Gasteiger charge is 2.35. The van der Waals surface area contributed by atoms with E-state index in [9.17, 15) is 9.59 Å². The van der Waals surface area contributed by atoms with Crippen molar-refractivity contribution in [3.8, 4) is 5.75 Å². The van der Waals surface area contributed by atoms with Crippen LogP contribution in [0.15, 0.2) is 83.0 Å². The van der Waals surface area contributed by atoms with Crippen LogP contribution in [0.3, 0.4) is 0 Å². The maximum absolute atomic E-state index is 13.1. The summed E-state index contributed by atoms with van der Waals surface area (Å²) in [6.45, 7) is 1.85. The Hall–Kier alpha value is -4.26. The second-order valence-electron chi connectivity index (χ2n) is 7.26. The number of anilines is 2. The first-order valence-corrected chi connectivity index (χ1v) is 10.1. The van der Waals surface area contributed by atoms with Gasteiger partial charge < -0.3 is 10.1 Å². The second kappa shape index (κ2) is 9.26. The van der Waals surface area contributed by atoms with E-state index < -0.39 is 0 Å². The zero-order valence-electron chi connectivity index (χ0n) is 17.8. The first-order chi connectivity index (χ1) is 15.6. The third-order valence-electron chi connectivity index (χ3n) is 5.03. The van der Waals surface area contributed by atoms with Gasteiger partial charge in [-0.1, -0.05) is 48.0 Å². The van der Waals surface area contributed by atoms with Crippen LogP contribution in [-0.4, -0.2) is 37.4 Å². The predicted molar refractivity (Wildman–Crippen MR) is 126 cm³/mol. The van der Waals surface area contributed by atoms with Gasteiger partial charge in [-0.05, 0) is 37.3 Å². The third-order valence-corrected chi connectivity index (χ3v) is 5.03. The third kappa shape index (κ3) is 4.41. The van der Waals surface area contributed by atoms with E-state index >= 15 is 0 Å². The van der Waals surface area contributed by atoms with E-state index in [1.54, 1.807) is 19.2 Å². The zero-order valence-corrected chi connectivity index (χ0v) is 17.8. The topological polar surface area (TPSA) is 83.4 Å². The SMILES string of the molecule is COc1ccccc1/C=N\N=C1\C(=O)N(CC(=O)Nc2ccc(C)cc2)c2ccccc21. The number of ether oxygens (including phenoxy) is 1. The van der Waals surface area contributed by atoms with Gasteiger partial charge in [-0.25, -0.2) is 0 Å². The van der Waals surface area contributed by atoms with Gasteiger partial charge in [0.2, 0.25) is 5.91 Å². The second-order valence-corrected chi connectivity index (χ2v) is 7.26. The summed E-state index contributed by atoms with van der Waals surface area (Å²) in [5.74, 6) is -0.0118. The highest BCUT2D eigenvalue weighted by Crippen LogP contribution is 2.29. The molecule has 0 fully saturated rings. The van der Waals surface area contributed by atoms with E-state index in [1.807, 2.05) is 67.6 Å². The first kappa shape index (κ1) is 21.0. The van der Waals surface area contributed by atoms with Gasteiger partial charge in [0.15, 0.2) is 5.71 Å². The molecule has 0 unspecified atom stereocenters. The van der Waals surface area contributed by atoms with Crippen molar-refractivity contribution in [3.05, 3.63) is 89.5 Å². The number of aryl methyl sites for hydroxylation is 1. The van der Waals surface area contributed by atoms with E-state index in [2.05, 4.69) is 15.5 Å². The lowest BCUT2D eigenvalue weighted by Gasteiger charge is -2.16. The van der Waals surface area contributed by atoms with Crippen LogP contribution in [0.1, 0.15) is 16.7 Å². The number of nitrogens with zero attached hydrogens (tertiary/aromatic N) is 3. The monoisotopic (exact) mass is 426 g/mol. The molecule has 1 heterocycles. The van der Waals surface area contributed by atoms with E-state index in [-0.39, 0.29) is 24.1 Å².